The molecule has 114 valence electrons. The number of nitrogens with zero attached hydrogens (tertiary/aromatic N) is 3. The van der Waals surface area contributed by atoms with Crippen LogP contribution < -0.4 is 11.2 Å². The maximum atomic E-state index is 11.0. The molecule has 8 heteroatoms. The molecular weight excluding hydrogens is 306 g/mol. The van der Waals surface area contributed by atoms with Gasteiger partial charge in [-0.25, -0.2) is 10.1 Å². The summed E-state index contributed by atoms with van der Waals surface area (Å²) < 4.78 is 1.63. The van der Waals surface area contributed by atoms with Crippen molar-refractivity contribution in [3.8, 4) is 0 Å². The summed E-state index contributed by atoms with van der Waals surface area (Å²) in [6.07, 6.45) is 1.33. The van der Waals surface area contributed by atoms with Gasteiger partial charge in [0.15, 0.2) is 0 Å². The van der Waals surface area contributed by atoms with Crippen LogP contribution in [0.2, 0.25) is 5.15 Å². The van der Waals surface area contributed by atoms with Gasteiger partial charge >= 0.3 is 11.8 Å². The molecule has 0 aliphatic rings. The van der Waals surface area contributed by atoms with E-state index >= 15 is 0 Å². The summed E-state index contributed by atoms with van der Waals surface area (Å²) in [5.41, 5.74) is 9.06. The number of hydrazone groups is 1. The topological polar surface area (TPSA) is 102 Å². The Balaban J connectivity index is 2.15. The fourth-order valence-corrected chi connectivity index (χ4v) is 2.07. The molecule has 0 aliphatic heterocycles. The lowest BCUT2D eigenvalue weighted by atomic mass is 10.2. The molecule has 0 fully saturated rings. The highest BCUT2D eigenvalue weighted by Gasteiger charge is 2.12. The minimum Gasteiger partial charge on any atom is -0.361 e. The summed E-state index contributed by atoms with van der Waals surface area (Å²) in [5, 5.41) is 8.36. The predicted molar refractivity (Wildman–Crippen MR) is 82.4 cm³/mol. The third kappa shape index (κ3) is 3.70. The molecule has 1 aromatic heterocycles. The molecule has 0 saturated heterocycles. The highest BCUT2D eigenvalue weighted by molar-refractivity contribution is 6.34. The fraction of sp³-hybridized carbons (Fsp3) is 0.143. The molecule has 1 heterocycles. The standard InChI is InChI=1S/C14H14ClN5O2/c1-9-11(7-17-18-14(22)13(16)21)12(15)20(19-9)8-10-5-3-2-4-6-10/h2-7H,8H2,1H3,(H2,16,21)(H,18,22)/b17-7+. The van der Waals surface area contributed by atoms with Crippen LogP contribution in [-0.2, 0) is 16.1 Å². The molecule has 0 radical (unpaired) electrons. The Kier molecular flexibility index (Phi) is 4.90. The molecule has 0 spiro atoms. The second-order valence-corrected chi connectivity index (χ2v) is 4.85. The van der Waals surface area contributed by atoms with Crippen LogP contribution in [0.15, 0.2) is 35.4 Å². The van der Waals surface area contributed by atoms with E-state index in [1.807, 2.05) is 35.8 Å². The van der Waals surface area contributed by atoms with Crippen molar-refractivity contribution in [3.63, 3.8) is 0 Å². The van der Waals surface area contributed by atoms with Crippen LogP contribution in [0.1, 0.15) is 16.8 Å². The maximum Gasteiger partial charge on any atom is 0.329 e. The number of rotatable bonds is 4. The second-order valence-electron chi connectivity index (χ2n) is 4.50. The Morgan fingerprint density at radius 1 is 1.41 bits per heavy atom. The first kappa shape index (κ1) is 15.7. The van der Waals surface area contributed by atoms with Crippen LogP contribution in [0.5, 0.6) is 0 Å². The lowest BCUT2D eigenvalue weighted by Crippen LogP contribution is -2.32. The average Bonchev–Trinajstić information content (AvgIpc) is 2.75. The van der Waals surface area contributed by atoms with Crippen LogP contribution in [0.3, 0.4) is 0 Å². The van der Waals surface area contributed by atoms with Gasteiger partial charge in [-0.15, -0.1) is 0 Å². The molecule has 0 atom stereocenters. The number of primary amides is 1. The Bertz CT molecular complexity index is 724. The molecule has 0 unspecified atom stereocenters. The van der Waals surface area contributed by atoms with Crippen LogP contribution in [0.25, 0.3) is 0 Å². The number of nitrogens with two attached hydrogens (primary N) is 1. The Labute approximate surface area is 131 Å². The molecular formula is C14H14ClN5O2. The van der Waals surface area contributed by atoms with Crippen molar-refractivity contribution < 1.29 is 9.59 Å². The van der Waals surface area contributed by atoms with Gasteiger partial charge in [-0.05, 0) is 12.5 Å². The average molecular weight is 320 g/mol. The van der Waals surface area contributed by atoms with E-state index in [9.17, 15) is 9.59 Å². The van der Waals surface area contributed by atoms with E-state index in [1.165, 1.54) is 6.21 Å². The van der Waals surface area contributed by atoms with E-state index in [0.717, 1.165) is 5.56 Å². The molecule has 0 saturated carbocycles. The van der Waals surface area contributed by atoms with E-state index in [0.29, 0.717) is 23.0 Å². The number of carbonyl (C=O) groups excluding carboxylic acids is 2. The lowest BCUT2D eigenvalue weighted by molar-refractivity contribution is -0.137. The van der Waals surface area contributed by atoms with Crippen LogP contribution in [-0.4, -0.2) is 27.8 Å². The van der Waals surface area contributed by atoms with Gasteiger partial charge in [-0.1, -0.05) is 41.9 Å². The van der Waals surface area contributed by atoms with Crippen molar-refractivity contribution in [1.29, 1.82) is 0 Å². The summed E-state index contributed by atoms with van der Waals surface area (Å²) in [4.78, 5) is 21.6. The number of halogens is 1. The third-order valence-corrected chi connectivity index (χ3v) is 3.27. The first-order valence-corrected chi connectivity index (χ1v) is 6.76. The smallest absolute Gasteiger partial charge is 0.329 e. The predicted octanol–water partition coefficient (Wildman–Crippen LogP) is 0.829. The van der Waals surface area contributed by atoms with Gasteiger partial charge in [0, 0.05) is 0 Å². The zero-order valence-corrected chi connectivity index (χ0v) is 12.5. The van der Waals surface area contributed by atoms with Crippen molar-refractivity contribution >= 4 is 29.6 Å². The third-order valence-electron chi connectivity index (χ3n) is 2.87. The van der Waals surface area contributed by atoms with Crippen LogP contribution in [0, 0.1) is 6.92 Å². The zero-order valence-electron chi connectivity index (χ0n) is 11.8. The van der Waals surface area contributed by atoms with E-state index in [-0.39, 0.29) is 0 Å². The van der Waals surface area contributed by atoms with E-state index in [1.54, 1.807) is 11.6 Å². The largest absolute Gasteiger partial charge is 0.361 e. The minimum absolute atomic E-state index is 0.387. The SMILES string of the molecule is Cc1nn(Cc2ccccc2)c(Cl)c1/C=N/NC(=O)C(N)=O. The molecule has 7 nitrogen and oxygen atoms in total. The Hall–Kier alpha value is -2.67. The van der Waals surface area contributed by atoms with Gasteiger partial charge < -0.3 is 5.73 Å². The number of hydrogen-bond acceptors (Lipinski definition) is 4. The number of amides is 2. The first-order valence-electron chi connectivity index (χ1n) is 6.38. The summed E-state index contributed by atoms with van der Waals surface area (Å²) in [6, 6.07) is 9.73. The Morgan fingerprint density at radius 2 is 2.09 bits per heavy atom. The van der Waals surface area contributed by atoms with Gasteiger partial charge in [0.1, 0.15) is 5.15 Å². The summed E-state index contributed by atoms with van der Waals surface area (Å²) in [5.74, 6) is -2.11. The molecule has 0 aliphatic carbocycles. The van der Waals surface area contributed by atoms with E-state index in [4.69, 9.17) is 17.3 Å². The number of hydrogen-bond donors (Lipinski definition) is 2. The fourth-order valence-electron chi connectivity index (χ4n) is 1.79. The summed E-state index contributed by atoms with van der Waals surface area (Å²) in [7, 11) is 0. The van der Waals surface area contributed by atoms with E-state index < -0.39 is 11.8 Å². The number of nitrogens with one attached hydrogen (secondary N) is 1. The van der Waals surface area contributed by atoms with Crippen molar-refractivity contribution in [2.45, 2.75) is 13.5 Å². The monoisotopic (exact) mass is 319 g/mol. The second kappa shape index (κ2) is 6.86. The first-order chi connectivity index (χ1) is 10.5. The molecule has 2 rings (SSSR count). The minimum atomic E-state index is -1.11. The summed E-state index contributed by atoms with van der Waals surface area (Å²) >= 11 is 6.26. The highest BCUT2D eigenvalue weighted by atomic mass is 35.5. The van der Waals surface area contributed by atoms with Crippen LogP contribution in [0.4, 0.5) is 0 Å². The summed E-state index contributed by atoms with van der Waals surface area (Å²) in [6.45, 7) is 2.28. The van der Waals surface area contributed by atoms with Crippen molar-refractivity contribution in [3.05, 3.63) is 52.3 Å². The van der Waals surface area contributed by atoms with Crippen molar-refractivity contribution in [2.24, 2.45) is 10.8 Å². The molecule has 2 aromatic rings. The van der Waals surface area contributed by atoms with Gasteiger partial charge in [-0.2, -0.15) is 10.2 Å². The molecule has 0 bridgehead atoms. The van der Waals surface area contributed by atoms with Gasteiger partial charge in [0.25, 0.3) is 0 Å². The number of aromatic nitrogens is 2. The molecule has 2 amide bonds. The van der Waals surface area contributed by atoms with Crippen LogP contribution >= 0.6 is 11.6 Å². The normalized spacial score (nSPS) is 10.8. The van der Waals surface area contributed by atoms with Crippen molar-refractivity contribution in [2.75, 3.05) is 0 Å². The molecule has 1 aromatic carbocycles. The molecule has 22 heavy (non-hydrogen) atoms. The van der Waals surface area contributed by atoms with E-state index in [2.05, 4.69) is 10.2 Å². The van der Waals surface area contributed by atoms with Gasteiger partial charge in [0.05, 0.1) is 24.0 Å². The maximum absolute atomic E-state index is 11.0. The lowest BCUT2D eigenvalue weighted by Gasteiger charge is -2.03. The zero-order chi connectivity index (χ0) is 16.1. The Morgan fingerprint density at radius 3 is 2.73 bits per heavy atom. The van der Waals surface area contributed by atoms with Crippen molar-refractivity contribution in [1.82, 2.24) is 15.2 Å². The molecule has 3 N–H and O–H groups in total. The number of aryl methyl sites for hydroxylation is 1. The quantitative estimate of drug-likeness (QED) is 0.495. The highest BCUT2D eigenvalue weighted by Crippen LogP contribution is 2.19. The number of benzene rings is 1. The van der Waals surface area contributed by atoms with Gasteiger partial charge in [0.2, 0.25) is 0 Å². The number of carbonyl (C=O) groups is 2. The van der Waals surface area contributed by atoms with Gasteiger partial charge in [-0.3, -0.25) is 9.59 Å².